The zero-order chi connectivity index (χ0) is 28.1. The van der Waals surface area contributed by atoms with E-state index in [0.717, 1.165) is 31.4 Å². The van der Waals surface area contributed by atoms with Gasteiger partial charge in [-0.15, -0.1) is 0 Å². The van der Waals surface area contributed by atoms with Gasteiger partial charge in [0.15, 0.2) is 0 Å². The molecule has 5 aromatic carbocycles. The highest BCUT2D eigenvalue weighted by Crippen LogP contribution is 2.33. The number of nitrogens with zero attached hydrogens (tertiary/aromatic N) is 2. The summed E-state index contributed by atoms with van der Waals surface area (Å²) in [5.74, 6) is -0.286. The Hall–Kier alpha value is -4.40. The number of benzene rings is 5. The van der Waals surface area contributed by atoms with Crippen molar-refractivity contribution in [3.05, 3.63) is 114 Å². The molecule has 0 fully saturated rings. The predicted molar refractivity (Wildman–Crippen MR) is 161 cm³/mol. The van der Waals surface area contributed by atoms with E-state index < -0.39 is 22.5 Å². The molecular formula is C31H26ClN3O4S. The normalized spacial score (nSPS) is 11.7. The van der Waals surface area contributed by atoms with E-state index in [4.69, 9.17) is 16.3 Å². The van der Waals surface area contributed by atoms with Crippen LogP contribution in [0.5, 0.6) is 5.75 Å². The van der Waals surface area contributed by atoms with Gasteiger partial charge >= 0.3 is 0 Å². The zero-order valence-corrected chi connectivity index (χ0v) is 23.2. The number of hydrogen-bond donors (Lipinski definition) is 1. The summed E-state index contributed by atoms with van der Waals surface area (Å²) < 4.78 is 34.2. The van der Waals surface area contributed by atoms with Gasteiger partial charge in [-0.1, -0.05) is 72.3 Å². The van der Waals surface area contributed by atoms with Gasteiger partial charge in [0.05, 0.1) is 23.4 Å². The first-order valence-electron chi connectivity index (χ1n) is 12.6. The van der Waals surface area contributed by atoms with Crippen LogP contribution >= 0.6 is 11.6 Å². The highest BCUT2D eigenvalue weighted by molar-refractivity contribution is 7.92. The van der Waals surface area contributed by atoms with Gasteiger partial charge in [0.2, 0.25) is 0 Å². The molecule has 0 atom stereocenters. The summed E-state index contributed by atoms with van der Waals surface area (Å²) >= 11 is 5.98. The number of amides is 1. The molecule has 0 aliphatic heterocycles. The highest BCUT2D eigenvalue weighted by Gasteiger charge is 2.29. The van der Waals surface area contributed by atoms with Gasteiger partial charge in [-0.3, -0.25) is 9.10 Å². The van der Waals surface area contributed by atoms with Crippen LogP contribution in [0, 0.1) is 0 Å². The fourth-order valence-electron chi connectivity index (χ4n) is 4.50. The molecule has 1 amide bonds. The average molecular weight is 572 g/mol. The van der Waals surface area contributed by atoms with E-state index in [1.54, 1.807) is 37.4 Å². The highest BCUT2D eigenvalue weighted by atomic mass is 35.5. The summed E-state index contributed by atoms with van der Waals surface area (Å²) in [6.07, 6.45) is 1.59. The van der Waals surface area contributed by atoms with Gasteiger partial charge in [0.1, 0.15) is 12.3 Å². The van der Waals surface area contributed by atoms with E-state index in [0.29, 0.717) is 17.4 Å². The Kier molecular flexibility index (Phi) is 8.00. The van der Waals surface area contributed by atoms with Gasteiger partial charge in [0.25, 0.3) is 15.9 Å². The lowest BCUT2D eigenvalue weighted by Gasteiger charge is -2.25. The molecule has 9 heteroatoms. The molecule has 40 heavy (non-hydrogen) atoms. The summed E-state index contributed by atoms with van der Waals surface area (Å²) in [7, 11) is -4.16. The van der Waals surface area contributed by atoms with Crippen molar-refractivity contribution in [2.24, 2.45) is 5.10 Å². The minimum Gasteiger partial charge on any atom is -0.492 e. The molecule has 0 aliphatic rings. The maximum atomic E-state index is 13.7. The van der Waals surface area contributed by atoms with E-state index >= 15 is 0 Å². The summed E-state index contributed by atoms with van der Waals surface area (Å²) in [6, 6.07) is 30.4. The van der Waals surface area contributed by atoms with E-state index in [9.17, 15) is 13.2 Å². The first kappa shape index (κ1) is 27.2. The largest absolute Gasteiger partial charge is 0.492 e. The molecule has 1 N–H and O–H groups in total. The average Bonchev–Trinajstić information content (AvgIpc) is 2.96. The van der Waals surface area contributed by atoms with E-state index in [2.05, 4.69) is 16.6 Å². The summed E-state index contributed by atoms with van der Waals surface area (Å²) in [4.78, 5) is 13.1. The van der Waals surface area contributed by atoms with Crippen molar-refractivity contribution in [2.45, 2.75) is 11.8 Å². The van der Waals surface area contributed by atoms with Crippen LogP contribution in [0.2, 0.25) is 5.02 Å². The number of ether oxygens (including phenoxy) is 1. The molecule has 0 radical (unpaired) electrons. The lowest BCUT2D eigenvalue weighted by Crippen LogP contribution is -2.39. The first-order valence-corrected chi connectivity index (χ1v) is 14.4. The SMILES string of the molecule is CCOc1ccccc1N(CC(=O)N/N=C\c1c2ccccc2cc2ccccc12)S(=O)(=O)c1ccc(Cl)cc1. The van der Waals surface area contributed by atoms with E-state index in [1.165, 1.54) is 24.3 Å². The number of fused-ring (bicyclic) bond motifs is 2. The number of rotatable bonds is 9. The molecular weight excluding hydrogens is 546 g/mol. The number of halogens is 1. The van der Waals surface area contributed by atoms with Crippen LogP contribution in [0.4, 0.5) is 5.69 Å². The van der Waals surface area contributed by atoms with Crippen LogP contribution in [0.25, 0.3) is 21.5 Å². The molecule has 0 aromatic heterocycles. The fraction of sp³-hybridized carbons (Fsp3) is 0.0968. The van der Waals surface area contributed by atoms with Gasteiger partial charge < -0.3 is 4.74 Å². The molecule has 0 unspecified atom stereocenters. The maximum absolute atomic E-state index is 13.7. The van der Waals surface area contributed by atoms with Gasteiger partial charge in [0, 0.05) is 10.6 Å². The third-order valence-corrected chi connectivity index (χ3v) is 8.34. The Balaban J connectivity index is 1.47. The standard InChI is InChI=1S/C31H26ClN3O4S/c1-2-39-30-14-8-7-13-29(30)35(40(37,38)25-17-15-24(32)16-18-25)21-31(36)34-33-20-28-26-11-5-3-9-22(26)19-23-10-4-6-12-27(23)28/h3-20H,2,21H2,1H3,(H,34,36)/b33-20-. The van der Waals surface area contributed by atoms with Crippen molar-refractivity contribution in [3.63, 3.8) is 0 Å². The van der Waals surface area contributed by atoms with Crippen molar-refractivity contribution >= 4 is 61.0 Å². The van der Waals surface area contributed by atoms with Crippen molar-refractivity contribution in [2.75, 3.05) is 17.5 Å². The first-order chi connectivity index (χ1) is 19.4. The number of carbonyl (C=O) groups excluding carboxylic acids is 1. The van der Waals surface area contributed by atoms with Gasteiger partial charge in [-0.25, -0.2) is 13.8 Å². The Bertz CT molecular complexity index is 1770. The number of nitrogens with one attached hydrogen (secondary N) is 1. The molecule has 0 heterocycles. The van der Waals surface area contributed by atoms with E-state index in [-0.39, 0.29) is 10.6 Å². The molecule has 0 bridgehead atoms. The Labute approximate surface area is 237 Å². The second-order valence-electron chi connectivity index (χ2n) is 8.89. The third-order valence-electron chi connectivity index (χ3n) is 6.32. The van der Waals surface area contributed by atoms with Crippen LogP contribution in [0.1, 0.15) is 12.5 Å². The maximum Gasteiger partial charge on any atom is 0.264 e. The Morgan fingerprint density at radius 2 is 1.50 bits per heavy atom. The lowest BCUT2D eigenvalue weighted by atomic mass is 9.97. The van der Waals surface area contributed by atoms with E-state index in [1.807, 2.05) is 48.5 Å². The summed E-state index contributed by atoms with van der Waals surface area (Å²) in [5.41, 5.74) is 3.59. The molecule has 0 saturated carbocycles. The minimum absolute atomic E-state index is 0.0123. The van der Waals surface area contributed by atoms with Crippen molar-refractivity contribution in [1.29, 1.82) is 0 Å². The summed E-state index contributed by atoms with van der Waals surface area (Å²) in [6.45, 7) is 1.59. The molecule has 5 aromatic rings. The van der Waals surface area contributed by atoms with Crippen LogP contribution in [-0.4, -0.2) is 33.7 Å². The molecule has 202 valence electrons. The number of hydrogen-bond acceptors (Lipinski definition) is 5. The molecule has 7 nitrogen and oxygen atoms in total. The third kappa shape index (κ3) is 5.64. The quantitative estimate of drug-likeness (QED) is 0.126. The van der Waals surface area contributed by atoms with Crippen LogP contribution < -0.4 is 14.5 Å². The van der Waals surface area contributed by atoms with Crippen molar-refractivity contribution in [3.8, 4) is 5.75 Å². The molecule has 0 saturated heterocycles. The zero-order valence-electron chi connectivity index (χ0n) is 21.6. The lowest BCUT2D eigenvalue weighted by molar-refractivity contribution is -0.119. The van der Waals surface area contributed by atoms with Gasteiger partial charge in [-0.2, -0.15) is 5.10 Å². The Morgan fingerprint density at radius 3 is 2.15 bits per heavy atom. The van der Waals surface area contributed by atoms with Crippen LogP contribution in [-0.2, 0) is 14.8 Å². The Morgan fingerprint density at radius 1 is 0.900 bits per heavy atom. The number of hydrazone groups is 1. The smallest absolute Gasteiger partial charge is 0.264 e. The summed E-state index contributed by atoms with van der Waals surface area (Å²) in [5, 5.41) is 8.67. The number of sulfonamides is 1. The monoisotopic (exact) mass is 571 g/mol. The number of para-hydroxylation sites is 2. The fourth-order valence-corrected chi connectivity index (χ4v) is 6.05. The molecule has 0 aliphatic carbocycles. The number of anilines is 1. The van der Waals surface area contributed by atoms with Crippen LogP contribution in [0.3, 0.4) is 0 Å². The predicted octanol–water partition coefficient (Wildman–Crippen LogP) is 6.39. The second kappa shape index (κ2) is 11.8. The van der Waals surface area contributed by atoms with Crippen molar-refractivity contribution in [1.82, 2.24) is 5.43 Å². The second-order valence-corrected chi connectivity index (χ2v) is 11.2. The minimum atomic E-state index is -4.16. The molecule has 0 spiro atoms. The molecule has 5 rings (SSSR count). The van der Waals surface area contributed by atoms with Crippen molar-refractivity contribution < 1.29 is 17.9 Å². The van der Waals surface area contributed by atoms with Gasteiger partial charge in [-0.05, 0) is 70.9 Å². The topological polar surface area (TPSA) is 88.1 Å². The van der Waals surface area contributed by atoms with Crippen LogP contribution in [0.15, 0.2) is 113 Å². The number of carbonyl (C=O) groups is 1.